The second kappa shape index (κ2) is 6.77. The molecule has 0 atom stereocenters. The number of hydrogen-bond acceptors (Lipinski definition) is 2. The van der Waals surface area contributed by atoms with Crippen molar-refractivity contribution in [1.82, 2.24) is 0 Å². The smallest absolute Gasteiger partial charge is 0.0443 e. The number of nitrogens with zero attached hydrogens (tertiary/aromatic N) is 1. The zero-order valence-electron chi connectivity index (χ0n) is 13.3. The molecule has 2 N–H and O–H groups in total. The van der Waals surface area contributed by atoms with Gasteiger partial charge in [0.2, 0.25) is 0 Å². The van der Waals surface area contributed by atoms with Crippen LogP contribution < -0.4 is 10.6 Å². The minimum absolute atomic E-state index is 0. The van der Waals surface area contributed by atoms with Gasteiger partial charge in [0.25, 0.3) is 0 Å². The molecule has 0 saturated carbocycles. The van der Waals surface area contributed by atoms with Crippen LogP contribution in [0.4, 0.5) is 11.4 Å². The van der Waals surface area contributed by atoms with E-state index in [-0.39, 0.29) is 12.4 Å². The Morgan fingerprint density at radius 2 is 1.87 bits per heavy atom. The largest absolute Gasteiger partial charge is 0.341 e. The topological polar surface area (TPSA) is 29.3 Å². The van der Waals surface area contributed by atoms with Crippen molar-refractivity contribution in [3.63, 3.8) is 0 Å². The number of allylic oxidation sites excluding steroid dienone is 1. The highest BCUT2D eigenvalue weighted by Crippen LogP contribution is 2.36. The molecule has 1 heterocycles. The van der Waals surface area contributed by atoms with E-state index < -0.39 is 0 Å². The molecule has 2 nitrogen and oxygen atoms in total. The van der Waals surface area contributed by atoms with Crippen LogP contribution in [0.15, 0.2) is 48.5 Å². The van der Waals surface area contributed by atoms with Crippen molar-refractivity contribution in [3.05, 3.63) is 65.2 Å². The Labute approximate surface area is 144 Å². The third-order valence-corrected chi connectivity index (χ3v) is 4.88. The number of anilines is 2. The van der Waals surface area contributed by atoms with E-state index in [1.54, 1.807) is 0 Å². The lowest BCUT2D eigenvalue weighted by atomic mass is 9.90. The molecule has 3 heteroatoms. The van der Waals surface area contributed by atoms with Crippen LogP contribution in [-0.2, 0) is 12.8 Å². The maximum Gasteiger partial charge on any atom is 0.0443 e. The van der Waals surface area contributed by atoms with Crippen LogP contribution >= 0.6 is 12.4 Å². The Kier molecular flexibility index (Phi) is 4.74. The molecule has 0 bridgehead atoms. The van der Waals surface area contributed by atoms with Crippen molar-refractivity contribution in [3.8, 4) is 0 Å². The lowest BCUT2D eigenvalue weighted by Gasteiger charge is -2.32. The summed E-state index contributed by atoms with van der Waals surface area (Å²) in [6, 6.07) is 15.7. The monoisotopic (exact) mass is 326 g/mol. The molecule has 0 saturated heterocycles. The van der Waals surface area contributed by atoms with Gasteiger partial charge in [-0.1, -0.05) is 30.3 Å². The number of nitrogens with two attached hydrogens (primary N) is 1. The van der Waals surface area contributed by atoms with Crippen molar-refractivity contribution in [2.75, 3.05) is 18.0 Å². The zero-order chi connectivity index (χ0) is 14.9. The second-order valence-electron chi connectivity index (χ2n) is 6.20. The summed E-state index contributed by atoms with van der Waals surface area (Å²) in [5.41, 5.74) is 14.1. The zero-order valence-corrected chi connectivity index (χ0v) is 14.1. The van der Waals surface area contributed by atoms with Gasteiger partial charge >= 0.3 is 0 Å². The van der Waals surface area contributed by atoms with Crippen molar-refractivity contribution >= 4 is 29.4 Å². The average molecular weight is 327 g/mol. The van der Waals surface area contributed by atoms with Gasteiger partial charge in [-0.3, -0.25) is 0 Å². The van der Waals surface area contributed by atoms with Gasteiger partial charge in [-0.05, 0) is 66.1 Å². The molecule has 0 fully saturated rings. The van der Waals surface area contributed by atoms with E-state index in [4.69, 9.17) is 5.73 Å². The molecule has 0 aromatic heterocycles. The fourth-order valence-electron chi connectivity index (χ4n) is 3.78. The first-order valence-corrected chi connectivity index (χ1v) is 8.24. The average Bonchev–Trinajstić information content (AvgIpc) is 2.60. The molecule has 0 radical (unpaired) electrons. The molecule has 23 heavy (non-hydrogen) atoms. The molecule has 2 aromatic rings. The first-order valence-electron chi connectivity index (χ1n) is 8.24. The maximum atomic E-state index is 5.88. The number of aryl methyl sites for hydroxylation is 2. The minimum atomic E-state index is 0. The molecule has 0 amide bonds. The standard InChI is InChI=1S/C20H22N2.ClH/c21-14-17-7-3-6-16-13-18(10-11-19(16)17)22-12-4-8-15-5-1-2-9-20(15)22;/h1-2,5,7,9-11,13H,3-4,6,8,12,14,21H2;1H. The molecule has 2 aromatic carbocycles. The molecule has 120 valence electrons. The second-order valence-corrected chi connectivity index (χ2v) is 6.20. The molecule has 0 unspecified atom stereocenters. The fraction of sp³-hybridized carbons (Fsp3) is 0.300. The highest BCUT2D eigenvalue weighted by Gasteiger charge is 2.19. The van der Waals surface area contributed by atoms with E-state index in [1.165, 1.54) is 46.5 Å². The normalized spacial score (nSPS) is 16.0. The summed E-state index contributed by atoms with van der Waals surface area (Å²) in [6.45, 7) is 1.74. The Balaban J connectivity index is 0.00000156. The summed E-state index contributed by atoms with van der Waals surface area (Å²) >= 11 is 0. The molecule has 4 rings (SSSR count). The molecule has 1 aliphatic carbocycles. The van der Waals surface area contributed by atoms with E-state index in [2.05, 4.69) is 53.4 Å². The Bertz CT molecular complexity index is 736. The van der Waals surface area contributed by atoms with Crippen LogP contribution in [-0.4, -0.2) is 13.1 Å². The van der Waals surface area contributed by atoms with Crippen LogP contribution in [0.2, 0.25) is 0 Å². The number of halogens is 1. The van der Waals surface area contributed by atoms with Crippen LogP contribution in [0.3, 0.4) is 0 Å². The van der Waals surface area contributed by atoms with Crippen LogP contribution in [0, 0.1) is 0 Å². The summed E-state index contributed by atoms with van der Waals surface area (Å²) in [5.74, 6) is 0. The fourth-order valence-corrected chi connectivity index (χ4v) is 3.78. The molecule has 0 spiro atoms. The summed E-state index contributed by atoms with van der Waals surface area (Å²) in [5, 5.41) is 0. The van der Waals surface area contributed by atoms with E-state index in [0.717, 1.165) is 19.4 Å². The number of rotatable bonds is 2. The van der Waals surface area contributed by atoms with Crippen LogP contribution in [0.5, 0.6) is 0 Å². The van der Waals surface area contributed by atoms with Gasteiger partial charge in [-0.15, -0.1) is 12.4 Å². The predicted molar refractivity (Wildman–Crippen MR) is 101 cm³/mol. The maximum absolute atomic E-state index is 5.88. The van der Waals surface area contributed by atoms with E-state index in [9.17, 15) is 0 Å². The van der Waals surface area contributed by atoms with Gasteiger partial charge < -0.3 is 10.6 Å². The number of fused-ring (bicyclic) bond motifs is 2. The van der Waals surface area contributed by atoms with E-state index >= 15 is 0 Å². The summed E-state index contributed by atoms with van der Waals surface area (Å²) < 4.78 is 0. The summed E-state index contributed by atoms with van der Waals surface area (Å²) in [7, 11) is 0. The van der Waals surface area contributed by atoms with Gasteiger partial charge in [-0.25, -0.2) is 0 Å². The molecular weight excluding hydrogens is 304 g/mol. The first-order chi connectivity index (χ1) is 10.9. The van der Waals surface area contributed by atoms with E-state index in [0.29, 0.717) is 6.54 Å². The highest BCUT2D eigenvalue weighted by molar-refractivity contribution is 5.85. The Hall–Kier alpha value is -1.77. The number of benzene rings is 2. The van der Waals surface area contributed by atoms with E-state index in [1.807, 2.05) is 0 Å². The molecule has 2 aliphatic rings. The van der Waals surface area contributed by atoms with Gasteiger partial charge in [-0.2, -0.15) is 0 Å². The summed E-state index contributed by atoms with van der Waals surface area (Å²) in [4.78, 5) is 2.47. The Morgan fingerprint density at radius 3 is 2.74 bits per heavy atom. The van der Waals surface area contributed by atoms with Crippen molar-refractivity contribution in [1.29, 1.82) is 0 Å². The van der Waals surface area contributed by atoms with Gasteiger partial charge in [0.1, 0.15) is 0 Å². The lowest BCUT2D eigenvalue weighted by molar-refractivity contribution is 0.766. The third-order valence-electron chi connectivity index (χ3n) is 4.88. The predicted octanol–water partition coefficient (Wildman–Crippen LogP) is 4.48. The van der Waals surface area contributed by atoms with Crippen molar-refractivity contribution in [2.24, 2.45) is 5.73 Å². The third kappa shape index (κ3) is 2.89. The van der Waals surface area contributed by atoms with Crippen molar-refractivity contribution < 1.29 is 0 Å². The van der Waals surface area contributed by atoms with Crippen molar-refractivity contribution in [2.45, 2.75) is 25.7 Å². The Morgan fingerprint density at radius 1 is 1.00 bits per heavy atom. The lowest BCUT2D eigenvalue weighted by Crippen LogP contribution is -2.24. The number of para-hydroxylation sites is 1. The first kappa shape index (κ1) is 16.1. The quantitative estimate of drug-likeness (QED) is 0.881. The highest BCUT2D eigenvalue weighted by atomic mass is 35.5. The van der Waals surface area contributed by atoms with Gasteiger partial charge in [0.15, 0.2) is 0 Å². The molecule has 1 aliphatic heterocycles. The summed E-state index contributed by atoms with van der Waals surface area (Å²) in [6.07, 6.45) is 6.94. The van der Waals surface area contributed by atoms with Crippen LogP contribution in [0.1, 0.15) is 29.5 Å². The van der Waals surface area contributed by atoms with Gasteiger partial charge in [0.05, 0.1) is 0 Å². The molecular formula is C20H23ClN2. The minimum Gasteiger partial charge on any atom is -0.341 e. The SMILES string of the molecule is Cl.NCC1=CCCc2cc(N3CCCc4ccccc43)ccc21. The number of hydrogen-bond donors (Lipinski definition) is 1. The van der Waals surface area contributed by atoms with Crippen LogP contribution in [0.25, 0.3) is 5.57 Å². The van der Waals surface area contributed by atoms with Gasteiger partial charge in [0, 0.05) is 24.5 Å².